The van der Waals surface area contributed by atoms with Gasteiger partial charge in [-0.2, -0.15) is 0 Å². The number of rotatable bonds is 6. The molecule has 1 saturated heterocycles. The molecule has 2 atom stereocenters. The third-order valence-corrected chi connectivity index (χ3v) is 7.80. The number of fused-ring (bicyclic) bond motifs is 1. The molecule has 0 bridgehead atoms. The summed E-state index contributed by atoms with van der Waals surface area (Å²) in [4.78, 5) is 21.9. The van der Waals surface area contributed by atoms with Crippen LogP contribution >= 0.6 is 0 Å². The van der Waals surface area contributed by atoms with Crippen LogP contribution in [-0.2, 0) is 19.4 Å². The lowest BCUT2D eigenvalue weighted by atomic mass is 9.87. The van der Waals surface area contributed by atoms with Crippen LogP contribution in [0.1, 0.15) is 38.7 Å². The molecule has 1 aliphatic rings. The molecule has 216 valence electrons. The molecule has 0 spiro atoms. The summed E-state index contributed by atoms with van der Waals surface area (Å²) in [6, 6.07) is 18.2. The van der Waals surface area contributed by atoms with Gasteiger partial charge < -0.3 is 20.0 Å². The predicted molar refractivity (Wildman–Crippen MR) is 154 cm³/mol. The molecule has 0 aliphatic carbocycles. The number of sulfone groups is 1. The molecule has 2 aromatic carbocycles. The predicted octanol–water partition coefficient (Wildman–Crippen LogP) is 4.56. The molecule has 11 nitrogen and oxygen atoms in total. The van der Waals surface area contributed by atoms with E-state index in [9.17, 15) is 18.3 Å². The van der Waals surface area contributed by atoms with Crippen LogP contribution in [0.3, 0.4) is 0 Å². The monoisotopic (exact) mass is 579 g/mol. The van der Waals surface area contributed by atoms with Gasteiger partial charge in [-0.15, -0.1) is 10.2 Å². The lowest BCUT2D eigenvalue weighted by molar-refractivity contribution is -0.170. The fourth-order valence-electron chi connectivity index (χ4n) is 4.75. The largest absolute Gasteiger partial charge is 0.528 e. The summed E-state index contributed by atoms with van der Waals surface area (Å²) in [5.41, 5.74) is 3.30. The van der Waals surface area contributed by atoms with E-state index in [4.69, 9.17) is 9.57 Å². The first-order valence-electron chi connectivity index (χ1n) is 13.2. The fraction of sp³-hybridized carbons (Fsp3) is 0.345. The zero-order valence-corrected chi connectivity index (χ0v) is 24.1. The minimum Gasteiger partial charge on any atom is -0.427 e. The molecule has 5 rings (SSSR count). The van der Waals surface area contributed by atoms with Crippen LogP contribution in [0.4, 0.5) is 16.4 Å². The van der Waals surface area contributed by atoms with Crippen molar-refractivity contribution in [2.75, 3.05) is 24.7 Å². The van der Waals surface area contributed by atoms with Gasteiger partial charge >= 0.3 is 6.16 Å². The lowest BCUT2D eigenvalue weighted by Gasteiger charge is -2.35. The first-order chi connectivity index (χ1) is 19.4. The summed E-state index contributed by atoms with van der Waals surface area (Å²) in [6.45, 7) is 5.95. The number of carbonyl (C=O) groups is 1. The Labute approximate surface area is 238 Å². The third-order valence-electron chi connectivity index (χ3n) is 6.69. The molecule has 0 saturated carbocycles. The Balaban J connectivity index is 1.26. The van der Waals surface area contributed by atoms with Crippen LogP contribution in [-0.4, -0.2) is 70.4 Å². The minimum atomic E-state index is -3.34. The second kappa shape index (κ2) is 11.1. The Kier molecular flexibility index (Phi) is 7.73. The molecule has 2 N–H and O–H groups in total. The van der Waals surface area contributed by atoms with Crippen molar-refractivity contribution in [1.82, 2.24) is 19.7 Å². The molecule has 1 fully saturated rings. The van der Waals surface area contributed by atoms with E-state index in [0.717, 1.165) is 28.0 Å². The molecular weight excluding hydrogens is 546 g/mol. The van der Waals surface area contributed by atoms with Crippen molar-refractivity contribution < 1.29 is 27.9 Å². The van der Waals surface area contributed by atoms with Crippen LogP contribution in [0.25, 0.3) is 16.8 Å². The van der Waals surface area contributed by atoms with Crippen LogP contribution < -0.4 is 5.32 Å². The maximum absolute atomic E-state index is 12.0. The van der Waals surface area contributed by atoms with Gasteiger partial charge in [-0.3, -0.25) is 0 Å². The van der Waals surface area contributed by atoms with E-state index in [0.29, 0.717) is 18.9 Å². The third kappa shape index (κ3) is 6.84. The number of hydrogen-bond donors (Lipinski definition) is 2. The first kappa shape index (κ1) is 28.5. The fourth-order valence-corrected chi connectivity index (χ4v) is 5.42. The summed E-state index contributed by atoms with van der Waals surface area (Å²) < 4.78 is 31.0. The summed E-state index contributed by atoms with van der Waals surface area (Å²) in [7, 11) is -3.34. The Bertz CT molecular complexity index is 1660. The Morgan fingerprint density at radius 2 is 1.85 bits per heavy atom. The van der Waals surface area contributed by atoms with Gasteiger partial charge in [0.25, 0.3) is 0 Å². The number of benzene rings is 2. The van der Waals surface area contributed by atoms with E-state index in [-0.39, 0.29) is 17.4 Å². The summed E-state index contributed by atoms with van der Waals surface area (Å²) >= 11 is 0. The average Bonchev–Trinajstić information content (AvgIpc) is 3.31. The average molecular weight is 580 g/mol. The van der Waals surface area contributed by atoms with Crippen molar-refractivity contribution in [3.63, 3.8) is 0 Å². The number of hydrogen-bond acceptors (Lipinski definition) is 10. The number of β-amino-alcohol motifs (C(OH)–C–C–N with tert-alkyl or cyclic N) is 1. The van der Waals surface area contributed by atoms with E-state index in [1.54, 1.807) is 49.7 Å². The maximum atomic E-state index is 12.0. The van der Waals surface area contributed by atoms with Crippen molar-refractivity contribution in [2.45, 2.75) is 49.7 Å². The van der Waals surface area contributed by atoms with Gasteiger partial charge in [-0.1, -0.05) is 24.3 Å². The van der Waals surface area contributed by atoms with Crippen molar-refractivity contribution in [1.29, 1.82) is 0 Å². The van der Waals surface area contributed by atoms with Gasteiger partial charge in [0.15, 0.2) is 9.84 Å². The number of aliphatic hydroxyl groups excluding tert-OH is 1. The van der Waals surface area contributed by atoms with Crippen LogP contribution in [0, 0.1) is 0 Å². The van der Waals surface area contributed by atoms with Gasteiger partial charge in [0.05, 0.1) is 35.0 Å². The topological polar surface area (TPSA) is 135 Å². The van der Waals surface area contributed by atoms with E-state index >= 15 is 0 Å². The summed E-state index contributed by atoms with van der Waals surface area (Å²) in [5.74, 6) is 0.259. The van der Waals surface area contributed by atoms with E-state index < -0.39 is 27.7 Å². The second-order valence-electron chi connectivity index (χ2n) is 11.1. The highest BCUT2D eigenvalue weighted by atomic mass is 32.2. The molecule has 0 radical (unpaired) electrons. The first-order valence-corrected chi connectivity index (χ1v) is 15.1. The highest BCUT2D eigenvalue weighted by molar-refractivity contribution is 7.90. The van der Waals surface area contributed by atoms with Gasteiger partial charge in [0, 0.05) is 30.0 Å². The Hall–Kier alpha value is -4.00. The molecule has 0 amide bonds. The van der Waals surface area contributed by atoms with Gasteiger partial charge in [-0.25, -0.2) is 22.7 Å². The number of aromatic nitrogens is 3. The zero-order chi connectivity index (χ0) is 29.4. The number of hydroxylamine groups is 2. The lowest BCUT2D eigenvalue weighted by Crippen LogP contribution is -2.44. The van der Waals surface area contributed by atoms with Crippen molar-refractivity contribution >= 4 is 33.1 Å². The highest BCUT2D eigenvalue weighted by Crippen LogP contribution is 2.30. The molecular formula is C29H33N5O6S. The SMILES string of the molecule is CC(C)(C)OC(=O)ON1CCC(c2ccc(Nc3ncc4ccc(-c5cccc(S(C)(=O)=O)c5)n4n3)cc2)C(O)C1. The Morgan fingerprint density at radius 1 is 1.10 bits per heavy atom. The molecule has 3 heterocycles. The smallest absolute Gasteiger partial charge is 0.427 e. The van der Waals surface area contributed by atoms with Crippen molar-refractivity contribution in [3.8, 4) is 11.3 Å². The van der Waals surface area contributed by atoms with Crippen LogP contribution in [0.15, 0.2) is 71.8 Å². The van der Waals surface area contributed by atoms with Gasteiger partial charge in [0.1, 0.15) is 5.60 Å². The molecule has 1 aliphatic heterocycles. The number of ether oxygens (including phenoxy) is 1. The normalized spacial score (nSPS) is 18.3. The number of anilines is 2. The van der Waals surface area contributed by atoms with Crippen molar-refractivity contribution in [2.24, 2.45) is 0 Å². The van der Waals surface area contributed by atoms with Crippen molar-refractivity contribution in [3.05, 3.63) is 72.4 Å². The number of aliphatic hydroxyl groups is 1. The summed E-state index contributed by atoms with van der Waals surface area (Å²) in [6.07, 6.45) is 1.98. The molecule has 41 heavy (non-hydrogen) atoms. The second-order valence-corrected chi connectivity index (χ2v) is 13.1. The molecule has 12 heteroatoms. The maximum Gasteiger partial charge on any atom is 0.528 e. The number of nitrogens with zero attached hydrogens (tertiary/aromatic N) is 4. The highest BCUT2D eigenvalue weighted by Gasteiger charge is 2.32. The number of piperidine rings is 1. The molecule has 2 aromatic heterocycles. The standard InChI is InChI=1S/C29H33N5O6S/c1-29(2,3)39-28(36)40-33-15-14-24(26(35)18-33)19-8-10-21(11-9-19)31-27-30-17-22-12-13-25(34(22)32-27)20-6-5-7-23(16-20)41(4,37)38/h5-13,16-17,24,26,35H,14-15,18H2,1-4H3,(H,31,32). The molecule has 4 aromatic rings. The number of carbonyl (C=O) groups excluding carboxylic acids is 1. The number of nitrogens with one attached hydrogen (secondary N) is 1. The summed E-state index contributed by atoms with van der Waals surface area (Å²) in [5, 5.41) is 20.0. The van der Waals surface area contributed by atoms with Crippen LogP contribution in [0.2, 0.25) is 0 Å². The quantitative estimate of drug-likeness (QED) is 0.313. The van der Waals surface area contributed by atoms with Crippen LogP contribution in [0.5, 0.6) is 0 Å². The minimum absolute atomic E-state index is 0.111. The molecule has 2 unspecified atom stereocenters. The van der Waals surface area contributed by atoms with E-state index in [2.05, 4.69) is 15.4 Å². The van der Waals surface area contributed by atoms with E-state index in [1.165, 1.54) is 11.3 Å². The Morgan fingerprint density at radius 3 is 2.54 bits per heavy atom. The zero-order valence-electron chi connectivity index (χ0n) is 23.3. The van der Waals surface area contributed by atoms with Gasteiger partial charge in [0.2, 0.25) is 5.95 Å². The van der Waals surface area contributed by atoms with Gasteiger partial charge in [-0.05, 0) is 69.2 Å². The van der Waals surface area contributed by atoms with E-state index in [1.807, 2.05) is 42.5 Å².